The van der Waals surface area contributed by atoms with Gasteiger partial charge in [-0.15, -0.1) is 11.8 Å². The van der Waals surface area contributed by atoms with E-state index in [0.29, 0.717) is 11.4 Å². The number of carboxylic acid groups (broad SMARTS) is 1. The minimum absolute atomic E-state index is 0.0238. The lowest BCUT2D eigenvalue weighted by atomic mass is 9.93. The van der Waals surface area contributed by atoms with Gasteiger partial charge in [0.2, 0.25) is 0 Å². The first kappa shape index (κ1) is 18.7. The summed E-state index contributed by atoms with van der Waals surface area (Å²) >= 11 is 6.98. The predicted molar refractivity (Wildman–Crippen MR) is 106 cm³/mol. The van der Waals surface area contributed by atoms with E-state index in [-0.39, 0.29) is 12.0 Å². The van der Waals surface area contributed by atoms with Gasteiger partial charge >= 0.3 is 5.97 Å². The van der Waals surface area contributed by atoms with Gasteiger partial charge in [0.05, 0.1) is 11.1 Å². The smallest absolute Gasteiger partial charge is 0.327 e. The van der Waals surface area contributed by atoms with Crippen LogP contribution in [0, 0.1) is 0 Å². The van der Waals surface area contributed by atoms with Crippen LogP contribution in [-0.4, -0.2) is 54.9 Å². The molecule has 3 atom stereocenters. The van der Waals surface area contributed by atoms with Gasteiger partial charge < -0.3 is 20.1 Å². The summed E-state index contributed by atoms with van der Waals surface area (Å²) in [5, 5.41) is 12.4. The van der Waals surface area contributed by atoms with Gasteiger partial charge in [-0.05, 0) is 32.3 Å². The lowest BCUT2D eigenvalue weighted by molar-refractivity contribution is -0.204. The number of nitrogens with one attached hydrogen (secondary N) is 1. The van der Waals surface area contributed by atoms with Crippen LogP contribution in [0.3, 0.4) is 0 Å². The van der Waals surface area contributed by atoms with Gasteiger partial charge in [-0.1, -0.05) is 42.5 Å². The molecular weight excluding hydrogens is 384 g/mol. The zero-order valence-electron chi connectivity index (χ0n) is 15.2. The van der Waals surface area contributed by atoms with Crippen LogP contribution in [0.25, 0.3) is 0 Å². The molecular formula is C19H22N2O4S2. The predicted octanol–water partition coefficient (Wildman–Crippen LogP) is 2.17. The van der Waals surface area contributed by atoms with E-state index in [0.717, 1.165) is 18.4 Å². The van der Waals surface area contributed by atoms with Crippen LogP contribution in [0.15, 0.2) is 30.3 Å². The Bertz CT molecular complexity index is 796. The minimum atomic E-state index is -1.26. The third kappa shape index (κ3) is 3.13. The molecule has 1 saturated carbocycles. The summed E-state index contributed by atoms with van der Waals surface area (Å²) in [6, 6.07) is 8.90. The molecule has 2 heterocycles. The molecule has 1 aromatic rings. The number of amides is 1. The van der Waals surface area contributed by atoms with E-state index in [2.05, 4.69) is 5.32 Å². The first-order valence-corrected chi connectivity index (χ1v) is 10.3. The maximum absolute atomic E-state index is 13.1. The highest BCUT2D eigenvalue weighted by Gasteiger charge is 2.73. The normalized spacial score (nSPS) is 31.2. The highest BCUT2D eigenvalue weighted by molar-refractivity contribution is 8.01. The number of fused-ring (bicyclic) bond motifs is 1. The van der Waals surface area contributed by atoms with Crippen molar-refractivity contribution in [2.45, 2.75) is 61.1 Å². The Morgan fingerprint density at radius 1 is 1.37 bits per heavy atom. The molecule has 0 spiro atoms. The maximum Gasteiger partial charge on any atom is 0.327 e. The Hall–Kier alpha value is -1.64. The molecule has 2 aliphatic heterocycles. The maximum atomic E-state index is 13.1. The zero-order valence-corrected chi connectivity index (χ0v) is 16.8. The molecule has 0 aromatic heterocycles. The number of aliphatic carboxylic acids is 1. The Balaban J connectivity index is 1.58. The fraction of sp³-hybridized carbons (Fsp3) is 0.526. The van der Waals surface area contributed by atoms with Crippen LogP contribution in [-0.2, 0) is 20.7 Å². The number of rotatable bonds is 6. The molecule has 0 bridgehead atoms. The summed E-state index contributed by atoms with van der Waals surface area (Å²) in [4.78, 5) is 26.8. The van der Waals surface area contributed by atoms with Crippen LogP contribution in [0.2, 0.25) is 0 Å². The van der Waals surface area contributed by atoms with Crippen LogP contribution in [0.5, 0.6) is 0 Å². The van der Waals surface area contributed by atoms with Gasteiger partial charge in [0.15, 0.2) is 0 Å². The number of hydrogen-bond acceptors (Lipinski definition) is 5. The van der Waals surface area contributed by atoms with Gasteiger partial charge in [-0.2, -0.15) is 0 Å². The van der Waals surface area contributed by atoms with Crippen LogP contribution in [0.1, 0.15) is 32.3 Å². The molecule has 2 saturated heterocycles. The lowest BCUT2D eigenvalue weighted by Gasteiger charge is -2.52. The van der Waals surface area contributed by atoms with Crippen molar-refractivity contribution in [1.29, 1.82) is 0 Å². The number of β-lactam (4-membered cyclic amide) rings is 1. The van der Waals surface area contributed by atoms with Gasteiger partial charge in [-0.25, -0.2) is 4.79 Å². The van der Waals surface area contributed by atoms with Gasteiger partial charge in [-0.3, -0.25) is 4.79 Å². The van der Waals surface area contributed by atoms with E-state index in [9.17, 15) is 14.7 Å². The molecule has 4 rings (SSSR count). The van der Waals surface area contributed by atoms with Crippen molar-refractivity contribution in [2.24, 2.45) is 0 Å². The molecule has 3 aliphatic rings. The minimum Gasteiger partial charge on any atom is -0.480 e. The van der Waals surface area contributed by atoms with Crippen molar-refractivity contribution in [1.82, 2.24) is 10.2 Å². The number of carbonyl (C=O) groups is 2. The summed E-state index contributed by atoms with van der Waals surface area (Å²) in [7, 11) is 0. The number of thioether (sulfide) groups is 1. The fourth-order valence-corrected chi connectivity index (χ4v) is 5.71. The Labute approximate surface area is 167 Å². The molecule has 0 unspecified atom stereocenters. The molecule has 0 radical (unpaired) electrons. The quantitative estimate of drug-likeness (QED) is 0.426. The lowest BCUT2D eigenvalue weighted by Crippen LogP contribution is -2.80. The molecule has 2 N–H and O–H groups in total. The second-order valence-corrected chi connectivity index (χ2v) is 10.0. The molecule has 1 amide bonds. The van der Waals surface area contributed by atoms with Crippen molar-refractivity contribution >= 4 is 40.8 Å². The van der Waals surface area contributed by atoms with E-state index in [1.807, 2.05) is 44.2 Å². The topological polar surface area (TPSA) is 78.9 Å². The first-order valence-electron chi connectivity index (χ1n) is 9.01. The Morgan fingerprint density at radius 2 is 2.04 bits per heavy atom. The van der Waals surface area contributed by atoms with Crippen LogP contribution >= 0.6 is 24.0 Å². The number of hydrogen-bond donors (Lipinski definition) is 2. The van der Waals surface area contributed by atoms with E-state index in [1.165, 1.54) is 16.7 Å². The molecule has 8 heteroatoms. The zero-order chi connectivity index (χ0) is 19.4. The Kier molecular flexibility index (Phi) is 4.48. The molecule has 1 aliphatic carbocycles. The second-order valence-electron chi connectivity index (χ2n) is 7.79. The summed E-state index contributed by atoms with van der Waals surface area (Å²) in [6.07, 6.45) is 2.34. The molecule has 27 heavy (non-hydrogen) atoms. The molecule has 1 aromatic carbocycles. The SMILES string of the molecule is CC1(C)S[C@H]2N(C(=O)[C@]2(NC(=S)Cc2ccccc2)OC2CC2)[C@H]1C(=O)O. The third-order valence-electron chi connectivity index (χ3n) is 5.15. The third-order valence-corrected chi connectivity index (χ3v) is 7.01. The number of nitrogens with zero attached hydrogens (tertiary/aromatic N) is 1. The van der Waals surface area contributed by atoms with Crippen molar-refractivity contribution in [3.8, 4) is 0 Å². The van der Waals surface area contributed by atoms with Crippen molar-refractivity contribution in [3.63, 3.8) is 0 Å². The number of benzene rings is 1. The summed E-state index contributed by atoms with van der Waals surface area (Å²) < 4.78 is 5.53. The van der Waals surface area contributed by atoms with Crippen molar-refractivity contribution in [2.75, 3.05) is 0 Å². The van der Waals surface area contributed by atoms with Crippen LogP contribution in [0.4, 0.5) is 0 Å². The molecule has 144 valence electrons. The number of carboxylic acids is 1. The number of thiocarbonyl (C=S) groups is 1. The Morgan fingerprint density at radius 3 is 2.63 bits per heavy atom. The van der Waals surface area contributed by atoms with E-state index in [4.69, 9.17) is 17.0 Å². The largest absolute Gasteiger partial charge is 0.480 e. The van der Waals surface area contributed by atoms with Crippen molar-refractivity contribution in [3.05, 3.63) is 35.9 Å². The highest BCUT2D eigenvalue weighted by atomic mass is 32.2. The summed E-state index contributed by atoms with van der Waals surface area (Å²) in [5.41, 5.74) is -0.220. The highest BCUT2D eigenvalue weighted by Crippen LogP contribution is 2.56. The van der Waals surface area contributed by atoms with Gasteiger partial charge in [0.25, 0.3) is 11.6 Å². The summed E-state index contributed by atoms with van der Waals surface area (Å²) in [5.74, 6) is -1.32. The fourth-order valence-electron chi connectivity index (χ4n) is 3.76. The molecule has 3 fully saturated rings. The second kappa shape index (κ2) is 6.46. The van der Waals surface area contributed by atoms with Gasteiger partial charge in [0.1, 0.15) is 11.4 Å². The van der Waals surface area contributed by atoms with E-state index < -0.39 is 27.9 Å². The van der Waals surface area contributed by atoms with Crippen molar-refractivity contribution < 1.29 is 19.4 Å². The monoisotopic (exact) mass is 406 g/mol. The standard InChI is InChI=1S/C19H22N2O4S2/c1-18(2)14(15(22)23)21-16(24)19(17(21)27-18,25-12-8-9-12)20-13(26)10-11-6-4-3-5-7-11/h3-7,12,14,17H,8-10H2,1-2H3,(H,20,26)(H,22,23)/t14-,17+,19-/m0/s1. The van der Waals surface area contributed by atoms with E-state index >= 15 is 0 Å². The number of ether oxygens (including phenoxy) is 1. The van der Waals surface area contributed by atoms with E-state index in [1.54, 1.807) is 0 Å². The number of carbonyl (C=O) groups excluding carboxylic acids is 1. The average molecular weight is 407 g/mol. The average Bonchev–Trinajstić information content (AvgIpc) is 3.36. The van der Waals surface area contributed by atoms with Gasteiger partial charge in [0, 0.05) is 11.2 Å². The summed E-state index contributed by atoms with van der Waals surface area (Å²) in [6.45, 7) is 3.71. The first-order chi connectivity index (χ1) is 12.7. The molecule has 6 nitrogen and oxygen atoms in total. The van der Waals surface area contributed by atoms with Crippen LogP contribution < -0.4 is 5.32 Å².